The molecule has 0 aromatic heterocycles. The van der Waals surface area contributed by atoms with E-state index in [1.54, 1.807) is 12.1 Å². The van der Waals surface area contributed by atoms with Crippen LogP contribution in [0.2, 0.25) is 0 Å². The number of nitrogens with one attached hydrogen (secondary N) is 2. The number of amides is 2. The van der Waals surface area contributed by atoms with Gasteiger partial charge < -0.3 is 15.5 Å². The normalized spacial score (nSPS) is 12.1. The summed E-state index contributed by atoms with van der Waals surface area (Å²) in [7, 11) is 2.02. The fourth-order valence-electron chi connectivity index (χ4n) is 2.75. The minimum absolute atomic E-state index is 0.00727. The Kier molecular flexibility index (Phi) is 8.20. The van der Waals surface area contributed by atoms with Gasteiger partial charge in [0.2, 0.25) is 11.8 Å². The topological polar surface area (TPSA) is 61.4 Å². The lowest BCUT2D eigenvalue weighted by atomic mass is 10.1. The monoisotopic (exact) mass is 381 g/mol. The van der Waals surface area contributed by atoms with E-state index in [0.717, 1.165) is 16.9 Å². The highest BCUT2D eigenvalue weighted by molar-refractivity contribution is 5.94. The molecule has 1 unspecified atom stereocenters. The van der Waals surface area contributed by atoms with E-state index in [1.165, 1.54) is 0 Å². The fourth-order valence-corrected chi connectivity index (χ4v) is 2.75. The molecule has 5 nitrogen and oxygen atoms in total. The summed E-state index contributed by atoms with van der Waals surface area (Å²) in [4.78, 5) is 26.6. The zero-order valence-corrected chi connectivity index (χ0v) is 17.2. The summed E-state index contributed by atoms with van der Waals surface area (Å²) in [5, 5.41) is 5.83. The molecular formula is C23H31N3O2. The molecule has 0 aliphatic heterocycles. The van der Waals surface area contributed by atoms with Gasteiger partial charge in [-0.2, -0.15) is 0 Å². The Morgan fingerprint density at radius 2 is 1.46 bits per heavy atom. The Morgan fingerprint density at radius 3 is 2.04 bits per heavy atom. The third-order valence-electron chi connectivity index (χ3n) is 4.81. The summed E-state index contributed by atoms with van der Waals surface area (Å²) in [6.07, 6.45) is 1.15. The molecule has 0 aliphatic carbocycles. The molecule has 0 aliphatic rings. The third-order valence-corrected chi connectivity index (χ3v) is 4.81. The first kappa shape index (κ1) is 21.6. The number of anilines is 2. The number of rotatable bonds is 9. The minimum Gasteiger partial charge on any atom is -0.326 e. The van der Waals surface area contributed by atoms with E-state index in [1.807, 2.05) is 56.4 Å². The predicted octanol–water partition coefficient (Wildman–Crippen LogP) is 4.17. The van der Waals surface area contributed by atoms with Crippen LogP contribution in [0.3, 0.4) is 0 Å². The Bertz CT molecular complexity index is 757. The molecule has 1 atom stereocenters. The zero-order valence-electron chi connectivity index (χ0n) is 17.2. The Labute approximate surface area is 168 Å². The van der Waals surface area contributed by atoms with E-state index in [4.69, 9.17) is 0 Å². The second kappa shape index (κ2) is 10.6. The molecule has 2 N–H and O–H groups in total. The second-order valence-corrected chi connectivity index (χ2v) is 7.53. The number of hydrogen-bond acceptors (Lipinski definition) is 3. The van der Waals surface area contributed by atoms with Crippen LogP contribution in [0.25, 0.3) is 0 Å². The maximum atomic E-state index is 12.3. The molecule has 2 aromatic rings. The molecule has 150 valence electrons. The molecule has 0 heterocycles. The highest BCUT2D eigenvalue weighted by atomic mass is 16.2. The van der Waals surface area contributed by atoms with E-state index in [0.29, 0.717) is 25.4 Å². The number of carbonyl (C=O) groups is 2. The molecular weight excluding hydrogens is 350 g/mol. The van der Waals surface area contributed by atoms with E-state index in [9.17, 15) is 9.59 Å². The van der Waals surface area contributed by atoms with Crippen molar-refractivity contribution < 1.29 is 9.59 Å². The van der Waals surface area contributed by atoms with Crippen LogP contribution < -0.4 is 10.6 Å². The molecule has 0 radical (unpaired) electrons. The number of nitrogens with zero attached hydrogens (tertiary/aromatic N) is 1. The van der Waals surface area contributed by atoms with Crippen molar-refractivity contribution >= 4 is 23.2 Å². The van der Waals surface area contributed by atoms with Crippen molar-refractivity contribution in [3.63, 3.8) is 0 Å². The lowest BCUT2D eigenvalue weighted by Crippen LogP contribution is -2.35. The van der Waals surface area contributed by atoms with Crippen molar-refractivity contribution in [2.45, 2.75) is 39.7 Å². The lowest BCUT2D eigenvalue weighted by Gasteiger charge is -2.24. The van der Waals surface area contributed by atoms with Crippen LogP contribution in [0.5, 0.6) is 0 Å². The first-order valence-electron chi connectivity index (χ1n) is 9.80. The molecule has 2 aromatic carbocycles. The summed E-state index contributed by atoms with van der Waals surface area (Å²) >= 11 is 0. The molecule has 0 spiro atoms. The molecule has 2 amide bonds. The van der Waals surface area contributed by atoms with Crippen LogP contribution in [0.15, 0.2) is 54.6 Å². The van der Waals surface area contributed by atoms with Gasteiger partial charge in [-0.3, -0.25) is 9.59 Å². The maximum absolute atomic E-state index is 12.3. The van der Waals surface area contributed by atoms with Crippen LogP contribution in [-0.4, -0.2) is 36.3 Å². The number of aryl methyl sites for hydroxylation is 1. The molecule has 0 saturated heterocycles. The molecule has 2 rings (SSSR count). The quantitative estimate of drug-likeness (QED) is 0.685. The van der Waals surface area contributed by atoms with Gasteiger partial charge in [-0.25, -0.2) is 0 Å². The summed E-state index contributed by atoms with van der Waals surface area (Å²) in [6, 6.07) is 17.6. The summed E-state index contributed by atoms with van der Waals surface area (Å²) in [6.45, 7) is 6.85. The van der Waals surface area contributed by atoms with Crippen molar-refractivity contribution in [1.29, 1.82) is 0 Å². The van der Waals surface area contributed by atoms with E-state index < -0.39 is 0 Å². The van der Waals surface area contributed by atoms with Gasteiger partial charge in [0.15, 0.2) is 0 Å². The third kappa shape index (κ3) is 7.16. The van der Waals surface area contributed by atoms with Gasteiger partial charge in [-0.15, -0.1) is 0 Å². The molecule has 0 saturated carbocycles. The zero-order chi connectivity index (χ0) is 20.5. The van der Waals surface area contributed by atoms with Gasteiger partial charge >= 0.3 is 0 Å². The van der Waals surface area contributed by atoms with Crippen LogP contribution >= 0.6 is 0 Å². The maximum Gasteiger partial charge on any atom is 0.228 e. The van der Waals surface area contributed by atoms with Crippen molar-refractivity contribution in [3.05, 3.63) is 60.2 Å². The minimum atomic E-state index is -0.107. The van der Waals surface area contributed by atoms with Crippen molar-refractivity contribution in [2.75, 3.05) is 24.2 Å². The molecule has 0 bridgehead atoms. The molecule has 5 heteroatoms. The number of hydrogen-bond donors (Lipinski definition) is 2. The van der Waals surface area contributed by atoms with Crippen LogP contribution in [0.1, 0.15) is 32.8 Å². The molecule has 0 fully saturated rings. The van der Waals surface area contributed by atoms with Crippen LogP contribution in [0, 0.1) is 5.92 Å². The van der Waals surface area contributed by atoms with Crippen LogP contribution in [-0.2, 0) is 16.0 Å². The van der Waals surface area contributed by atoms with Gasteiger partial charge in [0.1, 0.15) is 0 Å². The lowest BCUT2D eigenvalue weighted by molar-refractivity contribution is -0.120. The average molecular weight is 382 g/mol. The summed E-state index contributed by atoms with van der Waals surface area (Å²) < 4.78 is 0. The predicted molar refractivity (Wildman–Crippen MR) is 115 cm³/mol. The van der Waals surface area contributed by atoms with Gasteiger partial charge in [0.25, 0.3) is 0 Å². The highest BCUT2D eigenvalue weighted by Gasteiger charge is 2.16. The van der Waals surface area contributed by atoms with E-state index in [2.05, 4.69) is 29.4 Å². The van der Waals surface area contributed by atoms with Crippen molar-refractivity contribution in [1.82, 2.24) is 4.90 Å². The largest absolute Gasteiger partial charge is 0.326 e. The Balaban J connectivity index is 1.80. The standard InChI is InChI=1S/C23H31N3O2/c1-17(2)26(4)16-18(3)23(28)25-21-13-11-20(12-14-21)24-22(27)15-10-19-8-6-5-7-9-19/h5-9,11-14,17-18H,10,15-16H2,1-4H3,(H,24,27)(H,25,28). The fraction of sp³-hybridized carbons (Fsp3) is 0.391. The first-order valence-corrected chi connectivity index (χ1v) is 9.80. The average Bonchev–Trinajstić information content (AvgIpc) is 2.68. The Hall–Kier alpha value is -2.66. The van der Waals surface area contributed by atoms with Crippen LogP contribution in [0.4, 0.5) is 11.4 Å². The van der Waals surface area contributed by atoms with Gasteiger partial charge in [-0.1, -0.05) is 37.3 Å². The van der Waals surface area contributed by atoms with E-state index >= 15 is 0 Å². The van der Waals surface area contributed by atoms with Gasteiger partial charge in [0, 0.05) is 36.3 Å². The first-order chi connectivity index (χ1) is 13.3. The van der Waals surface area contributed by atoms with Gasteiger partial charge in [0.05, 0.1) is 0 Å². The highest BCUT2D eigenvalue weighted by Crippen LogP contribution is 2.15. The summed E-state index contributed by atoms with van der Waals surface area (Å²) in [5.74, 6) is -0.136. The second-order valence-electron chi connectivity index (χ2n) is 7.53. The smallest absolute Gasteiger partial charge is 0.228 e. The van der Waals surface area contributed by atoms with Crippen molar-refractivity contribution in [3.8, 4) is 0 Å². The number of benzene rings is 2. The summed E-state index contributed by atoms with van der Waals surface area (Å²) in [5.41, 5.74) is 2.60. The number of carbonyl (C=O) groups excluding carboxylic acids is 2. The molecule has 28 heavy (non-hydrogen) atoms. The van der Waals surface area contributed by atoms with E-state index in [-0.39, 0.29) is 17.7 Å². The van der Waals surface area contributed by atoms with Crippen molar-refractivity contribution in [2.24, 2.45) is 5.92 Å². The van der Waals surface area contributed by atoms with Gasteiger partial charge in [-0.05, 0) is 57.1 Å². The SMILES string of the molecule is CC(CN(C)C(C)C)C(=O)Nc1ccc(NC(=O)CCc2ccccc2)cc1. The Morgan fingerprint density at radius 1 is 0.893 bits per heavy atom.